The fourth-order valence-electron chi connectivity index (χ4n) is 3.00. The first-order valence-corrected chi connectivity index (χ1v) is 8.29. The number of aromatic hydroxyl groups is 1. The molecule has 0 fully saturated rings. The Bertz CT molecular complexity index is 1190. The summed E-state index contributed by atoms with van der Waals surface area (Å²) in [6.07, 6.45) is -5.76. The molecule has 1 radical (unpaired) electrons. The van der Waals surface area contributed by atoms with Crippen LogP contribution in [0.1, 0.15) is 32.7 Å². The van der Waals surface area contributed by atoms with Crippen molar-refractivity contribution in [3.8, 4) is 11.6 Å². The minimum atomic E-state index is -5.76. The summed E-state index contributed by atoms with van der Waals surface area (Å²) in [7, 11) is 0. The Balaban J connectivity index is 0.00000363. The van der Waals surface area contributed by atoms with Gasteiger partial charge in [-0.25, -0.2) is 22.0 Å². The molecule has 3 aromatic rings. The minimum absolute atomic E-state index is 0. The van der Waals surface area contributed by atoms with E-state index in [2.05, 4.69) is 5.10 Å². The average molecular weight is 514 g/mol. The van der Waals surface area contributed by atoms with E-state index in [4.69, 9.17) is 0 Å². The van der Waals surface area contributed by atoms with E-state index in [-0.39, 0.29) is 27.3 Å². The molecule has 0 bridgehead atoms. The van der Waals surface area contributed by atoms with E-state index in [1.54, 1.807) is 0 Å². The quantitative estimate of drug-likeness (QED) is 0.228. The number of alkyl halides is 3. The maximum absolute atomic E-state index is 14.3. The molecule has 0 aliphatic carbocycles. The smallest absolute Gasteiger partial charge is 0.422 e. The fourth-order valence-corrected chi connectivity index (χ4v) is 3.00. The zero-order valence-electron chi connectivity index (χ0n) is 15.8. The Morgan fingerprint density at radius 1 is 0.938 bits per heavy atom. The number of hydrogen-bond donors (Lipinski definition) is 1. The molecule has 175 valence electrons. The van der Waals surface area contributed by atoms with Crippen LogP contribution in [-0.4, -0.2) is 20.7 Å². The SMILES string of the molecule is Cc1cc(F)cc(C(=O)c2c(C)nn(-c3c(F)c(F)c(C(F)(F)F)c(F)c3F)c2O)c1.[Cu]. The molecule has 2 aromatic carbocycles. The second-order valence-electron chi connectivity index (χ2n) is 6.52. The number of hydrogen-bond acceptors (Lipinski definition) is 3. The van der Waals surface area contributed by atoms with Crippen molar-refractivity contribution in [2.24, 2.45) is 0 Å². The van der Waals surface area contributed by atoms with Gasteiger partial charge in [0.05, 0.1) is 5.69 Å². The predicted molar refractivity (Wildman–Crippen MR) is 89.4 cm³/mol. The third-order valence-electron chi connectivity index (χ3n) is 4.30. The van der Waals surface area contributed by atoms with Gasteiger partial charge in [-0.05, 0) is 37.6 Å². The molecule has 0 amide bonds. The van der Waals surface area contributed by atoms with Crippen LogP contribution in [0, 0.1) is 42.9 Å². The zero-order chi connectivity index (χ0) is 23.4. The number of ketones is 1. The van der Waals surface area contributed by atoms with Crippen molar-refractivity contribution in [1.29, 1.82) is 0 Å². The van der Waals surface area contributed by atoms with Crippen LogP contribution in [-0.2, 0) is 23.2 Å². The molecule has 0 atom stereocenters. The number of carbonyl (C=O) groups excluding carboxylic acids is 1. The molecule has 0 saturated heterocycles. The van der Waals surface area contributed by atoms with Gasteiger partial charge in [0.25, 0.3) is 0 Å². The molecule has 0 spiro atoms. The van der Waals surface area contributed by atoms with Crippen molar-refractivity contribution in [2.75, 3.05) is 0 Å². The third kappa shape index (κ3) is 4.09. The van der Waals surface area contributed by atoms with Crippen LogP contribution in [0.2, 0.25) is 0 Å². The summed E-state index contributed by atoms with van der Waals surface area (Å²) in [5, 5.41) is 13.7. The molecule has 3 rings (SSSR count). The fraction of sp³-hybridized carbons (Fsp3) is 0.158. The minimum Gasteiger partial charge on any atom is -0.493 e. The second-order valence-corrected chi connectivity index (χ2v) is 6.52. The molecular weight excluding hydrogens is 504 g/mol. The number of nitrogens with zero attached hydrogens (tertiary/aromatic N) is 2. The van der Waals surface area contributed by atoms with Gasteiger partial charge in [-0.1, -0.05) is 0 Å². The monoisotopic (exact) mass is 513 g/mol. The first kappa shape index (κ1) is 25.3. The number of aryl methyl sites for hydroxylation is 2. The maximum atomic E-state index is 14.3. The predicted octanol–water partition coefficient (Wildman–Crippen LogP) is 5.14. The molecule has 1 aromatic heterocycles. The van der Waals surface area contributed by atoms with Gasteiger partial charge in [-0.2, -0.15) is 23.0 Å². The number of benzene rings is 2. The van der Waals surface area contributed by atoms with E-state index in [0.717, 1.165) is 19.1 Å². The first-order valence-electron chi connectivity index (χ1n) is 8.29. The van der Waals surface area contributed by atoms with Gasteiger partial charge in [-0.3, -0.25) is 4.79 Å². The molecular formula is C19H10CuF8N2O2. The van der Waals surface area contributed by atoms with E-state index in [1.165, 1.54) is 13.0 Å². The molecule has 0 aliphatic rings. The summed E-state index contributed by atoms with van der Waals surface area (Å²) in [6, 6.07) is 3.11. The molecule has 0 unspecified atom stereocenters. The molecule has 1 N–H and O–H groups in total. The Labute approximate surface area is 184 Å². The summed E-state index contributed by atoms with van der Waals surface area (Å²) in [5.41, 5.74) is -5.69. The standard InChI is InChI=1S/C19H10F8N2O2.Cu/c1-6-3-8(5-9(20)4-6)17(30)10-7(2)28-29(18(10)31)16-14(23)12(21)11(19(25,26)27)13(22)15(16)24;/h3-5,31H,1-2H3;. The van der Waals surface area contributed by atoms with Crippen LogP contribution in [0.15, 0.2) is 18.2 Å². The number of carbonyl (C=O) groups is 1. The topological polar surface area (TPSA) is 55.1 Å². The van der Waals surface area contributed by atoms with Gasteiger partial charge >= 0.3 is 6.18 Å². The van der Waals surface area contributed by atoms with Crippen molar-refractivity contribution < 1.29 is 62.1 Å². The second kappa shape index (κ2) is 8.55. The number of aromatic nitrogens is 2. The van der Waals surface area contributed by atoms with E-state index in [9.17, 15) is 45.0 Å². The van der Waals surface area contributed by atoms with E-state index >= 15 is 0 Å². The Morgan fingerprint density at radius 2 is 1.47 bits per heavy atom. The molecule has 13 heteroatoms. The molecule has 1 heterocycles. The Morgan fingerprint density at radius 3 is 1.94 bits per heavy atom. The Kier molecular flexibility index (Phi) is 6.77. The molecule has 32 heavy (non-hydrogen) atoms. The average Bonchev–Trinajstić information content (AvgIpc) is 2.92. The van der Waals surface area contributed by atoms with Crippen molar-refractivity contribution in [2.45, 2.75) is 20.0 Å². The van der Waals surface area contributed by atoms with Gasteiger partial charge in [-0.15, -0.1) is 0 Å². The summed E-state index contributed by atoms with van der Waals surface area (Å²) in [5.74, 6) is -13.7. The van der Waals surface area contributed by atoms with Crippen LogP contribution in [0.3, 0.4) is 0 Å². The van der Waals surface area contributed by atoms with Gasteiger partial charge in [0.15, 0.2) is 29.1 Å². The van der Waals surface area contributed by atoms with Gasteiger partial charge < -0.3 is 5.11 Å². The van der Waals surface area contributed by atoms with Crippen molar-refractivity contribution in [3.63, 3.8) is 0 Å². The van der Waals surface area contributed by atoms with Gasteiger partial charge in [0.2, 0.25) is 5.88 Å². The maximum Gasteiger partial charge on any atom is 0.422 e. The normalized spacial score (nSPS) is 11.4. The number of halogens is 8. The molecule has 0 aliphatic heterocycles. The Hall–Kier alpha value is -2.92. The summed E-state index contributed by atoms with van der Waals surface area (Å²) < 4.78 is 108. The van der Waals surface area contributed by atoms with Crippen LogP contribution >= 0.6 is 0 Å². The van der Waals surface area contributed by atoms with Gasteiger partial charge in [0.1, 0.15) is 22.6 Å². The number of rotatable bonds is 3. The molecule has 4 nitrogen and oxygen atoms in total. The van der Waals surface area contributed by atoms with Crippen molar-refractivity contribution in [3.05, 3.63) is 75.2 Å². The zero-order valence-corrected chi connectivity index (χ0v) is 16.7. The third-order valence-corrected chi connectivity index (χ3v) is 4.30. The molecule has 0 saturated carbocycles. The summed E-state index contributed by atoms with van der Waals surface area (Å²) in [6.45, 7) is 2.52. The van der Waals surface area contributed by atoms with Crippen LogP contribution in [0.5, 0.6) is 5.88 Å². The van der Waals surface area contributed by atoms with E-state index in [0.29, 0.717) is 5.56 Å². The summed E-state index contributed by atoms with van der Waals surface area (Å²) >= 11 is 0. The van der Waals surface area contributed by atoms with Crippen molar-refractivity contribution in [1.82, 2.24) is 9.78 Å². The first-order chi connectivity index (χ1) is 14.3. The summed E-state index contributed by atoms with van der Waals surface area (Å²) in [4.78, 5) is 12.7. The van der Waals surface area contributed by atoms with Crippen LogP contribution in [0.25, 0.3) is 5.69 Å². The van der Waals surface area contributed by atoms with Crippen LogP contribution in [0.4, 0.5) is 35.1 Å². The van der Waals surface area contributed by atoms with Crippen molar-refractivity contribution >= 4 is 5.78 Å². The van der Waals surface area contributed by atoms with Crippen LogP contribution < -0.4 is 0 Å². The van der Waals surface area contributed by atoms with E-state index < -0.39 is 69.4 Å². The van der Waals surface area contributed by atoms with Gasteiger partial charge in [0, 0.05) is 22.6 Å². The largest absolute Gasteiger partial charge is 0.493 e. The van der Waals surface area contributed by atoms with E-state index in [1.807, 2.05) is 0 Å².